The van der Waals surface area contributed by atoms with Crippen LogP contribution in [-0.4, -0.2) is 37.6 Å². The summed E-state index contributed by atoms with van der Waals surface area (Å²) in [6.07, 6.45) is 1.59. The lowest BCUT2D eigenvalue weighted by molar-refractivity contribution is 0.0520. The number of aldehydes is 1. The molecule has 0 aliphatic carbocycles. The van der Waals surface area contributed by atoms with Gasteiger partial charge < -0.3 is 14.2 Å². The van der Waals surface area contributed by atoms with Gasteiger partial charge in [-0.2, -0.15) is 0 Å². The highest BCUT2D eigenvalue weighted by molar-refractivity contribution is 6.76. The van der Waals surface area contributed by atoms with E-state index in [0.717, 1.165) is 17.2 Å². The highest BCUT2D eigenvalue weighted by Crippen LogP contribution is 2.40. The van der Waals surface area contributed by atoms with Crippen LogP contribution in [0, 0.1) is 0 Å². The van der Waals surface area contributed by atoms with Gasteiger partial charge in [-0.15, -0.1) is 0 Å². The molecule has 0 aliphatic heterocycles. The van der Waals surface area contributed by atoms with Crippen molar-refractivity contribution in [3.8, 4) is 16.9 Å². The number of carbonyl (C=O) groups is 3. The van der Waals surface area contributed by atoms with Crippen LogP contribution in [0.5, 0.6) is 5.75 Å². The average molecular weight is 606 g/mol. The molecule has 7 nitrogen and oxygen atoms in total. The molecule has 0 saturated carbocycles. The second-order valence-electron chi connectivity index (χ2n) is 11.7. The third kappa shape index (κ3) is 7.15. The lowest BCUT2D eigenvalue weighted by atomic mass is 9.96. The Morgan fingerprint density at radius 3 is 2.05 bits per heavy atom. The molecule has 0 atom stereocenters. The average Bonchev–Trinajstić information content (AvgIpc) is 3.42. The molecule has 0 bridgehead atoms. The van der Waals surface area contributed by atoms with Crippen molar-refractivity contribution in [2.75, 3.05) is 6.61 Å². The Morgan fingerprint density at radius 2 is 1.39 bits per heavy atom. The number of esters is 1. The topological polar surface area (TPSA) is 83.8 Å². The van der Waals surface area contributed by atoms with E-state index < -0.39 is 20.1 Å². The van der Waals surface area contributed by atoms with Gasteiger partial charge in [-0.3, -0.25) is 9.36 Å². The van der Waals surface area contributed by atoms with Crippen LogP contribution < -0.4 is 4.74 Å². The Bertz CT molecular complexity index is 1770. The number of hydrogen-bond donors (Lipinski definition) is 0. The number of fused-ring (bicyclic) bond motifs is 1. The second-order valence-corrected chi connectivity index (χ2v) is 17.3. The number of aromatic nitrogens is 1. The first-order valence-electron chi connectivity index (χ1n) is 14.5. The first-order valence-corrected chi connectivity index (χ1v) is 18.2. The van der Waals surface area contributed by atoms with Gasteiger partial charge in [0, 0.05) is 30.8 Å². The quantitative estimate of drug-likeness (QED) is 0.0854. The van der Waals surface area contributed by atoms with Crippen molar-refractivity contribution < 1.29 is 28.6 Å². The summed E-state index contributed by atoms with van der Waals surface area (Å²) in [7, 11) is -1.42. The van der Waals surface area contributed by atoms with Crippen LogP contribution in [0.15, 0.2) is 103 Å². The van der Waals surface area contributed by atoms with E-state index in [1.54, 1.807) is 24.3 Å². The summed E-state index contributed by atoms with van der Waals surface area (Å²) in [4.78, 5) is 38.9. The van der Waals surface area contributed by atoms with Crippen LogP contribution in [-0.2, 0) is 22.7 Å². The molecule has 5 rings (SSSR count). The number of para-hydroxylation sites is 1. The van der Waals surface area contributed by atoms with Crippen LogP contribution in [0.3, 0.4) is 0 Å². The van der Waals surface area contributed by atoms with Gasteiger partial charge in [-0.25, -0.2) is 9.59 Å². The number of hydrogen-bond acceptors (Lipinski definition) is 6. The van der Waals surface area contributed by atoms with E-state index in [-0.39, 0.29) is 13.2 Å². The Hall–Kier alpha value is -4.95. The molecule has 1 heterocycles. The minimum absolute atomic E-state index is 0.0921. The summed E-state index contributed by atoms with van der Waals surface area (Å²) in [6, 6.07) is 30.6. The van der Waals surface area contributed by atoms with Crippen LogP contribution in [0.2, 0.25) is 25.7 Å². The molecule has 0 fully saturated rings. The van der Waals surface area contributed by atoms with Crippen molar-refractivity contribution >= 4 is 37.3 Å². The maximum absolute atomic E-state index is 13.4. The van der Waals surface area contributed by atoms with Gasteiger partial charge >= 0.3 is 12.1 Å². The number of rotatable bonds is 11. The summed E-state index contributed by atoms with van der Waals surface area (Å²) in [6.45, 7) is 7.32. The molecule has 8 heteroatoms. The molecule has 0 amide bonds. The Morgan fingerprint density at radius 1 is 0.750 bits per heavy atom. The predicted octanol–water partition coefficient (Wildman–Crippen LogP) is 8.38. The fraction of sp³-hybridized carbons (Fsp3) is 0.194. The van der Waals surface area contributed by atoms with Crippen LogP contribution in [0.1, 0.15) is 31.8 Å². The molecule has 5 aromatic rings. The molecule has 0 spiro atoms. The zero-order valence-electron chi connectivity index (χ0n) is 25.1. The van der Waals surface area contributed by atoms with E-state index in [0.29, 0.717) is 51.8 Å². The van der Waals surface area contributed by atoms with Crippen molar-refractivity contribution in [1.82, 2.24) is 4.57 Å². The smallest absolute Gasteiger partial charge is 0.418 e. The number of benzene rings is 4. The Labute approximate surface area is 258 Å². The second kappa shape index (κ2) is 13.6. The molecule has 0 unspecified atom stereocenters. The van der Waals surface area contributed by atoms with Gasteiger partial charge in [0.2, 0.25) is 0 Å². The van der Waals surface area contributed by atoms with E-state index in [1.807, 2.05) is 72.8 Å². The first kappa shape index (κ1) is 30.5. The van der Waals surface area contributed by atoms with E-state index in [9.17, 15) is 14.4 Å². The van der Waals surface area contributed by atoms with E-state index in [1.165, 1.54) is 10.8 Å². The summed E-state index contributed by atoms with van der Waals surface area (Å²) < 4.78 is 19.0. The Kier molecular flexibility index (Phi) is 9.40. The molecular formula is C36H35NO6Si. The molecule has 0 radical (unpaired) electrons. The molecular weight excluding hydrogens is 570 g/mol. The fourth-order valence-electron chi connectivity index (χ4n) is 4.89. The van der Waals surface area contributed by atoms with Crippen molar-refractivity contribution in [1.29, 1.82) is 0 Å². The Balaban J connectivity index is 1.55. The predicted molar refractivity (Wildman–Crippen MR) is 174 cm³/mol. The summed E-state index contributed by atoms with van der Waals surface area (Å²) in [5.74, 6) is -0.129. The van der Waals surface area contributed by atoms with Gasteiger partial charge in [0.05, 0.1) is 12.1 Å². The van der Waals surface area contributed by atoms with E-state index in [2.05, 4.69) is 19.6 Å². The zero-order chi connectivity index (χ0) is 31.1. The maximum Gasteiger partial charge on any atom is 0.418 e. The summed E-state index contributed by atoms with van der Waals surface area (Å²) in [5.41, 5.74) is 4.12. The zero-order valence-corrected chi connectivity index (χ0v) is 26.1. The normalized spacial score (nSPS) is 11.2. The summed E-state index contributed by atoms with van der Waals surface area (Å²) in [5, 5.41) is 0.549. The number of carbonyl (C=O) groups excluding carboxylic acids is 3. The summed E-state index contributed by atoms with van der Waals surface area (Å²) >= 11 is 0. The minimum atomic E-state index is -1.42. The molecule has 0 N–H and O–H groups in total. The lowest BCUT2D eigenvalue weighted by Gasteiger charge is -2.18. The number of nitrogens with zero attached hydrogens (tertiary/aromatic N) is 1. The highest BCUT2D eigenvalue weighted by Gasteiger charge is 2.24. The van der Waals surface area contributed by atoms with Gasteiger partial charge in [0.15, 0.2) is 6.29 Å². The molecule has 4 aromatic carbocycles. The van der Waals surface area contributed by atoms with Crippen LogP contribution in [0.25, 0.3) is 22.0 Å². The highest BCUT2D eigenvalue weighted by atomic mass is 28.3. The minimum Gasteiger partial charge on any atom is -0.487 e. The van der Waals surface area contributed by atoms with E-state index >= 15 is 0 Å². The van der Waals surface area contributed by atoms with Gasteiger partial charge in [0.1, 0.15) is 24.5 Å². The molecule has 224 valence electrons. The van der Waals surface area contributed by atoms with E-state index in [4.69, 9.17) is 14.2 Å². The molecule has 44 heavy (non-hydrogen) atoms. The third-order valence-electron chi connectivity index (χ3n) is 7.22. The van der Waals surface area contributed by atoms with Gasteiger partial charge in [-0.05, 0) is 34.9 Å². The number of ether oxygens (including phenoxy) is 3. The van der Waals surface area contributed by atoms with Gasteiger partial charge in [0.25, 0.3) is 0 Å². The molecule has 0 aliphatic rings. The largest absolute Gasteiger partial charge is 0.487 e. The third-order valence-corrected chi connectivity index (χ3v) is 8.93. The maximum atomic E-state index is 13.4. The fourth-order valence-corrected chi connectivity index (χ4v) is 5.61. The lowest BCUT2D eigenvalue weighted by Crippen LogP contribution is -2.22. The van der Waals surface area contributed by atoms with Crippen LogP contribution in [0.4, 0.5) is 4.79 Å². The van der Waals surface area contributed by atoms with Crippen molar-refractivity contribution in [3.05, 3.63) is 126 Å². The SMILES string of the molecule is C[Si](C)(C)CCOC(=O)c1cccc(-c2cccc3c2c(C=O)cn3C(=O)OCc2ccccc2)c1OCc1ccccc1. The van der Waals surface area contributed by atoms with Crippen molar-refractivity contribution in [3.63, 3.8) is 0 Å². The monoisotopic (exact) mass is 605 g/mol. The molecule has 1 aromatic heterocycles. The first-order chi connectivity index (χ1) is 21.2. The van der Waals surface area contributed by atoms with Crippen molar-refractivity contribution in [2.24, 2.45) is 0 Å². The standard InChI is InChI=1S/C36H35NO6Si/c1-44(2,3)21-20-41-35(39)31-18-10-17-30(34(31)42-24-26-12-6-4-7-13-26)29-16-11-19-32-33(29)28(23-38)22-37(32)36(40)43-25-27-14-8-5-9-15-27/h4-19,22-23H,20-21,24-25H2,1-3H3. The molecule has 0 saturated heterocycles. The van der Waals surface area contributed by atoms with Gasteiger partial charge in [-0.1, -0.05) is 105 Å². The van der Waals surface area contributed by atoms with Crippen molar-refractivity contribution in [2.45, 2.75) is 38.9 Å². The van der Waals surface area contributed by atoms with Crippen LogP contribution >= 0.6 is 0 Å².